The molecule has 5 rings (SSSR count). The first-order valence-electron chi connectivity index (χ1n) is 11.0. The third-order valence-electron chi connectivity index (χ3n) is 6.35. The summed E-state index contributed by atoms with van der Waals surface area (Å²) in [5.41, 5.74) is 4.65. The summed E-state index contributed by atoms with van der Waals surface area (Å²) in [6, 6.07) is 11.6. The summed E-state index contributed by atoms with van der Waals surface area (Å²) < 4.78 is 5.52. The second-order valence-corrected chi connectivity index (χ2v) is 8.96. The molecule has 1 atom stereocenters. The van der Waals surface area contributed by atoms with E-state index in [1.165, 1.54) is 0 Å². The van der Waals surface area contributed by atoms with Crippen molar-refractivity contribution in [2.45, 2.75) is 33.0 Å². The Morgan fingerprint density at radius 3 is 2.69 bits per heavy atom. The number of benzene rings is 2. The van der Waals surface area contributed by atoms with Gasteiger partial charge in [0.15, 0.2) is 0 Å². The van der Waals surface area contributed by atoms with E-state index in [4.69, 9.17) is 16.1 Å². The van der Waals surface area contributed by atoms with Crippen molar-refractivity contribution in [3.8, 4) is 11.4 Å². The van der Waals surface area contributed by atoms with Crippen molar-refractivity contribution in [1.82, 2.24) is 25.3 Å². The third-order valence-corrected chi connectivity index (χ3v) is 6.60. The van der Waals surface area contributed by atoms with Crippen LogP contribution in [0.3, 0.4) is 0 Å². The number of amides is 1. The number of aromatic nitrogens is 2. The number of nitrogens with one attached hydrogen (secondary N) is 1. The molecule has 166 valence electrons. The van der Waals surface area contributed by atoms with E-state index in [9.17, 15) is 4.79 Å². The molecule has 2 aliphatic rings. The molecule has 1 amide bonds. The molecule has 1 fully saturated rings. The van der Waals surface area contributed by atoms with E-state index in [1.54, 1.807) is 0 Å². The molecule has 1 N–H and O–H groups in total. The number of nitrogens with zero attached hydrogens (tertiary/aromatic N) is 4. The minimum Gasteiger partial charge on any atom is -0.338 e. The highest BCUT2D eigenvalue weighted by Gasteiger charge is 2.33. The van der Waals surface area contributed by atoms with Gasteiger partial charge in [0, 0.05) is 48.9 Å². The Morgan fingerprint density at radius 2 is 1.94 bits per heavy atom. The first-order chi connectivity index (χ1) is 15.5. The molecule has 32 heavy (non-hydrogen) atoms. The zero-order chi connectivity index (χ0) is 22.2. The van der Waals surface area contributed by atoms with Crippen LogP contribution in [0.15, 0.2) is 40.9 Å². The van der Waals surface area contributed by atoms with Crippen molar-refractivity contribution >= 4 is 17.5 Å². The van der Waals surface area contributed by atoms with Crippen LogP contribution in [0.25, 0.3) is 11.4 Å². The molecule has 1 aromatic heterocycles. The largest absolute Gasteiger partial charge is 0.338 e. The fourth-order valence-electron chi connectivity index (χ4n) is 4.55. The van der Waals surface area contributed by atoms with E-state index in [0.717, 1.165) is 54.0 Å². The minimum atomic E-state index is -0.0502. The van der Waals surface area contributed by atoms with Crippen molar-refractivity contribution in [3.05, 3.63) is 69.6 Å². The van der Waals surface area contributed by atoms with Gasteiger partial charge >= 0.3 is 0 Å². The van der Waals surface area contributed by atoms with Crippen LogP contribution in [0.2, 0.25) is 5.02 Å². The topological polar surface area (TPSA) is 74.5 Å². The predicted molar refractivity (Wildman–Crippen MR) is 122 cm³/mol. The number of rotatable bonds is 5. The second-order valence-electron chi connectivity index (χ2n) is 8.53. The monoisotopic (exact) mass is 451 g/mol. The maximum absolute atomic E-state index is 13.2. The maximum atomic E-state index is 13.2. The van der Waals surface area contributed by atoms with Gasteiger partial charge in [0.25, 0.3) is 5.91 Å². The van der Waals surface area contributed by atoms with Crippen LogP contribution in [-0.2, 0) is 13.1 Å². The van der Waals surface area contributed by atoms with Crippen LogP contribution in [0.1, 0.15) is 45.9 Å². The van der Waals surface area contributed by atoms with E-state index in [0.29, 0.717) is 29.8 Å². The molecular formula is C24H26ClN5O2. The number of fused-ring (bicyclic) bond motifs is 1. The zero-order valence-electron chi connectivity index (χ0n) is 18.3. The van der Waals surface area contributed by atoms with Gasteiger partial charge in [-0.15, -0.1) is 0 Å². The fourth-order valence-corrected chi connectivity index (χ4v) is 4.68. The lowest BCUT2D eigenvalue weighted by Gasteiger charge is -2.25. The lowest BCUT2D eigenvalue weighted by molar-refractivity contribution is 0.0715. The first kappa shape index (κ1) is 21.1. The van der Waals surface area contributed by atoms with Crippen LogP contribution < -0.4 is 5.32 Å². The van der Waals surface area contributed by atoms with Gasteiger partial charge in [-0.2, -0.15) is 4.98 Å². The molecule has 1 saturated heterocycles. The molecule has 0 aliphatic carbocycles. The van der Waals surface area contributed by atoms with Crippen LogP contribution in [0.5, 0.6) is 0 Å². The van der Waals surface area contributed by atoms with Crippen molar-refractivity contribution in [2.24, 2.45) is 0 Å². The molecule has 2 aliphatic heterocycles. The molecule has 3 heterocycles. The van der Waals surface area contributed by atoms with E-state index in [-0.39, 0.29) is 11.9 Å². The first-order valence-corrected chi connectivity index (χ1v) is 11.3. The number of halogens is 1. The number of carbonyl (C=O) groups excluding carboxylic acids is 1. The lowest BCUT2D eigenvalue weighted by Crippen LogP contribution is -2.42. The number of carbonyl (C=O) groups is 1. The SMILES string of the molecule is Cc1cc(-c2noc(CN3CCNCC3)n2)cc2c1C(=O)N(C(C)c1ccc(Cl)cc1)C2. The molecule has 3 aromatic rings. The van der Waals surface area contributed by atoms with Crippen LogP contribution in [0.4, 0.5) is 0 Å². The third kappa shape index (κ3) is 4.03. The maximum Gasteiger partial charge on any atom is 0.255 e. The van der Waals surface area contributed by atoms with Gasteiger partial charge in [-0.25, -0.2) is 0 Å². The summed E-state index contributed by atoms with van der Waals surface area (Å²) in [5.74, 6) is 1.24. The van der Waals surface area contributed by atoms with Gasteiger partial charge in [-0.3, -0.25) is 9.69 Å². The molecule has 1 unspecified atom stereocenters. The summed E-state index contributed by atoms with van der Waals surface area (Å²) in [4.78, 5) is 22.0. The van der Waals surface area contributed by atoms with Crippen molar-refractivity contribution in [1.29, 1.82) is 0 Å². The Balaban J connectivity index is 1.37. The summed E-state index contributed by atoms with van der Waals surface area (Å²) >= 11 is 6.02. The Morgan fingerprint density at radius 1 is 1.19 bits per heavy atom. The molecular weight excluding hydrogens is 426 g/mol. The highest BCUT2D eigenvalue weighted by Crippen LogP contribution is 2.35. The fraction of sp³-hybridized carbons (Fsp3) is 0.375. The van der Waals surface area contributed by atoms with Crippen LogP contribution in [0, 0.1) is 6.92 Å². The smallest absolute Gasteiger partial charge is 0.255 e. The summed E-state index contributed by atoms with van der Waals surface area (Å²) in [7, 11) is 0. The Hall–Kier alpha value is -2.74. The molecule has 0 radical (unpaired) electrons. The number of hydrogen-bond acceptors (Lipinski definition) is 6. The standard InChI is InChI=1S/C24H26ClN5O2/c1-15-11-18(23-27-21(32-28-23)14-29-9-7-26-8-10-29)12-19-13-30(24(31)22(15)19)16(2)17-3-5-20(25)6-4-17/h3-6,11-12,16,26H,7-10,13-14H2,1-2H3. The average Bonchev–Trinajstić information content (AvgIpc) is 3.39. The molecule has 2 aromatic carbocycles. The lowest BCUT2D eigenvalue weighted by atomic mass is 10.00. The zero-order valence-corrected chi connectivity index (χ0v) is 19.0. The summed E-state index contributed by atoms with van der Waals surface area (Å²) in [6.45, 7) is 9.12. The Kier molecular flexibility index (Phi) is 5.71. The van der Waals surface area contributed by atoms with E-state index in [2.05, 4.69) is 20.4 Å². The molecule has 8 heteroatoms. The van der Waals surface area contributed by atoms with Gasteiger partial charge in [-0.1, -0.05) is 28.9 Å². The van der Waals surface area contributed by atoms with E-state index < -0.39 is 0 Å². The summed E-state index contributed by atoms with van der Waals surface area (Å²) in [6.07, 6.45) is 0. The van der Waals surface area contributed by atoms with Gasteiger partial charge in [0.2, 0.25) is 11.7 Å². The molecule has 0 bridgehead atoms. The highest BCUT2D eigenvalue weighted by atomic mass is 35.5. The van der Waals surface area contributed by atoms with Gasteiger partial charge in [-0.05, 0) is 54.8 Å². The summed E-state index contributed by atoms with van der Waals surface area (Å²) in [5, 5.41) is 8.24. The van der Waals surface area contributed by atoms with Gasteiger partial charge < -0.3 is 14.7 Å². The van der Waals surface area contributed by atoms with E-state index in [1.807, 2.05) is 55.1 Å². The van der Waals surface area contributed by atoms with Gasteiger partial charge in [0.05, 0.1) is 12.6 Å². The highest BCUT2D eigenvalue weighted by molar-refractivity contribution is 6.30. The van der Waals surface area contributed by atoms with E-state index >= 15 is 0 Å². The van der Waals surface area contributed by atoms with Crippen molar-refractivity contribution in [3.63, 3.8) is 0 Å². The normalized spacial score (nSPS) is 17.6. The van der Waals surface area contributed by atoms with Crippen LogP contribution in [-0.4, -0.2) is 52.0 Å². The number of hydrogen-bond donors (Lipinski definition) is 1. The average molecular weight is 452 g/mol. The van der Waals surface area contributed by atoms with Crippen molar-refractivity contribution < 1.29 is 9.32 Å². The second kappa shape index (κ2) is 8.65. The van der Waals surface area contributed by atoms with Crippen LogP contribution >= 0.6 is 11.6 Å². The minimum absolute atomic E-state index is 0.0502. The van der Waals surface area contributed by atoms with Gasteiger partial charge in [0.1, 0.15) is 0 Å². The molecule has 7 nitrogen and oxygen atoms in total. The molecule has 0 saturated carbocycles. The van der Waals surface area contributed by atoms with Crippen molar-refractivity contribution in [2.75, 3.05) is 26.2 Å². The predicted octanol–water partition coefficient (Wildman–Crippen LogP) is 3.82. The Bertz CT molecular complexity index is 1140. The molecule has 0 spiro atoms. The quantitative estimate of drug-likeness (QED) is 0.635. The number of piperazine rings is 1. The Labute approximate surface area is 192 Å². The number of aryl methyl sites for hydroxylation is 1.